The molecule has 0 aromatic heterocycles. The Kier molecular flexibility index (Phi) is 3.44. The van der Waals surface area contributed by atoms with Crippen molar-refractivity contribution in [2.75, 3.05) is 0 Å². The van der Waals surface area contributed by atoms with Crippen molar-refractivity contribution in [1.29, 1.82) is 0 Å². The van der Waals surface area contributed by atoms with Gasteiger partial charge in [0.05, 0.1) is 11.3 Å². The Hall–Kier alpha value is -2.54. The summed E-state index contributed by atoms with van der Waals surface area (Å²) in [7, 11) is 0. The average molecular weight is 240 g/mol. The van der Waals surface area contributed by atoms with E-state index in [0.717, 1.165) is 0 Å². The number of rotatable bonds is 4. The number of nitrogens with one attached hydrogen (secondary N) is 2. The van der Waals surface area contributed by atoms with Gasteiger partial charge in [-0.15, -0.1) is 5.73 Å². The maximum Gasteiger partial charge on any atom is 0.259 e. The molecule has 18 heavy (non-hydrogen) atoms. The summed E-state index contributed by atoms with van der Waals surface area (Å²) in [6, 6.07) is -0.621. The molecule has 1 atom stereocenters. The molecule has 0 saturated carbocycles. The maximum absolute atomic E-state index is 11.8. The van der Waals surface area contributed by atoms with Gasteiger partial charge in [-0.05, 0) is 31.2 Å². The fourth-order valence-corrected chi connectivity index (χ4v) is 1.46. The zero-order chi connectivity index (χ0) is 13.0. The van der Waals surface area contributed by atoms with Crippen molar-refractivity contribution in [3.8, 4) is 0 Å². The molecule has 90 valence electrons. The highest BCUT2D eigenvalue weighted by Gasteiger charge is 2.17. The van der Waals surface area contributed by atoms with Crippen molar-refractivity contribution in [1.82, 2.24) is 10.6 Å². The molecule has 4 nitrogen and oxygen atoms in total. The minimum atomic E-state index is -0.621. The van der Waals surface area contributed by atoms with Crippen LogP contribution < -0.4 is 10.6 Å². The molecule has 2 aliphatic rings. The van der Waals surface area contributed by atoms with Crippen LogP contribution in [0.3, 0.4) is 0 Å². The minimum Gasteiger partial charge on any atom is -0.340 e. The molecular weight excluding hydrogens is 228 g/mol. The largest absolute Gasteiger partial charge is 0.340 e. The highest BCUT2D eigenvalue weighted by molar-refractivity contribution is 5.99. The van der Waals surface area contributed by atoms with E-state index < -0.39 is 6.04 Å². The molecule has 2 N–H and O–H groups in total. The second-order valence-corrected chi connectivity index (χ2v) is 3.85. The third-order valence-corrected chi connectivity index (χ3v) is 2.44. The van der Waals surface area contributed by atoms with E-state index in [-0.39, 0.29) is 11.8 Å². The Morgan fingerprint density at radius 3 is 2.50 bits per heavy atom. The Morgan fingerprint density at radius 2 is 1.89 bits per heavy atom. The Balaban J connectivity index is 1.89. The van der Waals surface area contributed by atoms with Crippen LogP contribution in [0.5, 0.6) is 0 Å². The second-order valence-electron chi connectivity index (χ2n) is 3.85. The number of carbonyl (C=O) groups is 2. The molecule has 0 bridgehead atoms. The first-order valence-electron chi connectivity index (χ1n) is 5.55. The molecule has 0 heterocycles. The smallest absolute Gasteiger partial charge is 0.259 e. The summed E-state index contributed by atoms with van der Waals surface area (Å²) >= 11 is 0. The topological polar surface area (TPSA) is 58.2 Å². The maximum atomic E-state index is 11.8. The van der Waals surface area contributed by atoms with Crippen LogP contribution in [0.2, 0.25) is 0 Å². The summed E-state index contributed by atoms with van der Waals surface area (Å²) in [6.45, 7) is 1.62. The lowest BCUT2D eigenvalue weighted by Crippen LogP contribution is -2.44. The minimum absolute atomic E-state index is 0.280. The molecule has 0 aromatic rings. The van der Waals surface area contributed by atoms with Crippen molar-refractivity contribution in [3.05, 3.63) is 59.2 Å². The third-order valence-electron chi connectivity index (χ3n) is 2.44. The molecule has 2 rings (SSSR count). The van der Waals surface area contributed by atoms with Gasteiger partial charge in [-0.2, -0.15) is 0 Å². The van der Waals surface area contributed by atoms with Crippen LogP contribution in [0.15, 0.2) is 59.2 Å². The van der Waals surface area contributed by atoms with E-state index in [1.807, 2.05) is 0 Å². The first-order valence-corrected chi connectivity index (χ1v) is 5.55. The Bertz CT molecular complexity index is 581. The van der Waals surface area contributed by atoms with Gasteiger partial charge in [0.25, 0.3) is 5.91 Å². The number of amides is 2. The summed E-state index contributed by atoms with van der Waals surface area (Å²) in [5, 5.41) is 5.25. The number of hydrogen-bond acceptors (Lipinski definition) is 2. The van der Waals surface area contributed by atoms with E-state index in [2.05, 4.69) is 22.1 Å². The van der Waals surface area contributed by atoms with Gasteiger partial charge in [0.2, 0.25) is 5.91 Å². The van der Waals surface area contributed by atoms with E-state index in [4.69, 9.17) is 0 Å². The molecule has 0 unspecified atom stereocenters. The third kappa shape index (κ3) is 2.77. The number of hydrogen-bond donors (Lipinski definition) is 2. The Morgan fingerprint density at radius 1 is 1.17 bits per heavy atom. The van der Waals surface area contributed by atoms with Crippen LogP contribution in [0.1, 0.15) is 6.92 Å². The van der Waals surface area contributed by atoms with Crippen molar-refractivity contribution < 1.29 is 9.59 Å². The lowest BCUT2D eigenvalue weighted by molar-refractivity contribution is -0.126. The first kappa shape index (κ1) is 11.9. The highest BCUT2D eigenvalue weighted by Crippen LogP contribution is 2.03. The zero-order valence-electron chi connectivity index (χ0n) is 9.86. The standard InChI is InChI=1S/C14H12N2O2/c1-10(13(17)16-12-8-4-5-9-12)15-14(18)11-6-2-3-7-11/h2-6,8,10H,1H3,(H,15,18)(H,16,17)/t10-/m0/s1. The average Bonchev–Trinajstić information content (AvgIpc) is 3.01. The van der Waals surface area contributed by atoms with Gasteiger partial charge in [0, 0.05) is 0 Å². The SMILES string of the molecule is C[C@H](NC(=O)C1=C=CC=C1)C(=O)NC1=C=CC=C1. The van der Waals surface area contributed by atoms with Gasteiger partial charge in [-0.1, -0.05) is 17.9 Å². The fourth-order valence-electron chi connectivity index (χ4n) is 1.46. The van der Waals surface area contributed by atoms with Gasteiger partial charge in [-0.25, -0.2) is 0 Å². The van der Waals surface area contributed by atoms with E-state index in [1.165, 1.54) is 0 Å². The number of carbonyl (C=O) groups excluding carboxylic acids is 2. The highest BCUT2D eigenvalue weighted by atomic mass is 16.2. The van der Waals surface area contributed by atoms with Crippen LogP contribution in [-0.4, -0.2) is 17.9 Å². The van der Waals surface area contributed by atoms with Crippen LogP contribution >= 0.6 is 0 Å². The fraction of sp³-hybridized carbons (Fsp3) is 0.143. The monoisotopic (exact) mass is 240 g/mol. The van der Waals surface area contributed by atoms with Gasteiger partial charge in [-0.3, -0.25) is 9.59 Å². The van der Waals surface area contributed by atoms with Crippen LogP contribution in [0, 0.1) is 0 Å². The molecule has 0 radical (unpaired) electrons. The molecule has 2 aliphatic carbocycles. The van der Waals surface area contributed by atoms with E-state index in [9.17, 15) is 9.59 Å². The molecule has 0 aromatic carbocycles. The van der Waals surface area contributed by atoms with Crippen LogP contribution in [0.25, 0.3) is 0 Å². The van der Waals surface area contributed by atoms with Gasteiger partial charge in [0.1, 0.15) is 6.04 Å². The van der Waals surface area contributed by atoms with Crippen molar-refractivity contribution in [2.24, 2.45) is 0 Å². The lowest BCUT2D eigenvalue weighted by Gasteiger charge is -2.13. The quantitative estimate of drug-likeness (QED) is 0.716. The summed E-state index contributed by atoms with van der Waals surface area (Å²) in [5.74, 6) is -0.591. The molecule has 0 saturated heterocycles. The first-order chi connectivity index (χ1) is 8.66. The predicted octanol–water partition coefficient (Wildman–Crippen LogP) is 0.867. The molecule has 0 fully saturated rings. The second kappa shape index (κ2) is 5.19. The van der Waals surface area contributed by atoms with Crippen molar-refractivity contribution >= 4 is 11.8 Å². The molecule has 4 heteroatoms. The van der Waals surface area contributed by atoms with E-state index in [1.54, 1.807) is 43.4 Å². The van der Waals surface area contributed by atoms with Crippen LogP contribution in [-0.2, 0) is 9.59 Å². The normalized spacial score (nSPS) is 16.5. The predicted molar refractivity (Wildman–Crippen MR) is 67.2 cm³/mol. The lowest BCUT2D eigenvalue weighted by atomic mass is 10.2. The molecule has 0 aliphatic heterocycles. The zero-order valence-corrected chi connectivity index (χ0v) is 9.86. The van der Waals surface area contributed by atoms with Gasteiger partial charge >= 0.3 is 0 Å². The van der Waals surface area contributed by atoms with Gasteiger partial charge < -0.3 is 10.6 Å². The summed E-state index contributed by atoms with van der Waals surface area (Å²) in [4.78, 5) is 23.5. The number of allylic oxidation sites excluding steroid dienone is 3. The summed E-state index contributed by atoms with van der Waals surface area (Å²) < 4.78 is 0. The van der Waals surface area contributed by atoms with Gasteiger partial charge in [0.15, 0.2) is 0 Å². The molecular formula is C14H12N2O2. The van der Waals surface area contributed by atoms with Crippen molar-refractivity contribution in [2.45, 2.75) is 13.0 Å². The molecule has 2 amide bonds. The van der Waals surface area contributed by atoms with E-state index >= 15 is 0 Å². The van der Waals surface area contributed by atoms with Crippen molar-refractivity contribution in [3.63, 3.8) is 0 Å². The van der Waals surface area contributed by atoms with E-state index in [0.29, 0.717) is 11.3 Å². The van der Waals surface area contributed by atoms with Crippen LogP contribution in [0.4, 0.5) is 0 Å². The Labute approximate surface area is 105 Å². The molecule has 0 spiro atoms. The summed E-state index contributed by atoms with van der Waals surface area (Å²) in [5.41, 5.74) is 6.65. The summed E-state index contributed by atoms with van der Waals surface area (Å²) in [6.07, 6.45) is 10.2.